The van der Waals surface area contributed by atoms with E-state index in [1.807, 2.05) is 0 Å². The lowest BCUT2D eigenvalue weighted by Gasteiger charge is -2.21. The average molecular weight is 524 g/mol. The summed E-state index contributed by atoms with van der Waals surface area (Å²) in [6, 6.07) is 7.16. The summed E-state index contributed by atoms with van der Waals surface area (Å²) in [6.07, 6.45) is 0.665. The molecule has 198 valence electrons. The van der Waals surface area contributed by atoms with Crippen LogP contribution >= 0.6 is 0 Å². The van der Waals surface area contributed by atoms with Crippen molar-refractivity contribution in [1.82, 2.24) is 4.72 Å². The van der Waals surface area contributed by atoms with Crippen LogP contribution in [0.15, 0.2) is 35.2 Å². The van der Waals surface area contributed by atoms with Gasteiger partial charge in [0.15, 0.2) is 13.1 Å². The van der Waals surface area contributed by atoms with Gasteiger partial charge in [-0.1, -0.05) is 6.92 Å². The van der Waals surface area contributed by atoms with Gasteiger partial charge in [0, 0.05) is 30.2 Å². The molecule has 0 unspecified atom stereocenters. The Kier molecular flexibility index (Phi) is 10.4. The number of hydrogen-bond donors (Lipinski definition) is 1. The third-order valence-corrected chi connectivity index (χ3v) is 6.42. The largest absolute Gasteiger partial charge is 0.496 e. The van der Waals surface area contributed by atoms with Crippen molar-refractivity contribution in [2.24, 2.45) is 0 Å². The highest BCUT2D eigenvalue weighted by atomic mass is 32.2. The second-order valence-corrected chi connectivity index (χ2v) is 10.4. The molecule has 0 spiro atoms. The molecule has 0 atom stereocenters. The van der Waals surface area contributed by atoms with Gasteiger partial charge in [-0.3, -0.25) is 9.59 Å². The Morgan fingerprint density at radius 1 is 1.06 bits per heavy atom. The number of ether oxygens (including phenoxy) is 5. The fourth-order valence-corrected chi connectivity index (χ4v) is 4.61. The standard InChI is InChI=1S/C25H33NO9S/c1-7-23(28)35-18-12-17(15-27)24(34-16-33-11-10-31-5)21(13-18)20-14-19(8-9-22(20)32-6)36(29,30)26-25(2,3)4/h8-9,12-15,26H,7,10-11,16H2,1-6H3. The first kappa shape index (κ1) is 29.2. The summed E-state index contributed by atoms with van der Waals surface area (Å²) in [5, 5.41) is 0. The van der Waals surface area contributed by atoms with Gasteiger partial charge < -0.3 is 23.7 Å². The molecule has 0 bridgehead atoms. The smallest absolute Gasteiger partial charge is 0.310 e. The number of sulfonamides is 1. The summed E-state index contributed by atoms with van der Waals surface area (Å²) in [5.41, 5.74) is -0.0619. The second kappa shape index (κ2) is 12.8. The predicted octanol–water partition coefficient (Wildman–Crippen LogP) is 3.57. The molecule has 2 rings (SSSR count). The molecule has 1 N–H and O–H groups in total. The monoisotopic (exact) mass is 523 g/mol. The van der Waals surface area contributed by atoms with E-state index in [1.165, 1.54) is 44.6 Å². The Labute approximate surface area is 211 Å². The van der Waals surface area contributed by atoms with E-state index in [4.69, 9.17) is 23.7 Å². The van der Waals surface area contributed by atoms with Crippen LogP contribution in [-0.4, -0.2) is 60.4 Å². The van der Waals surface area contributed by atoms with Crippen LogP contribution in [-0.2, 0) is 24.3 Å². The van der Waals surface area contributed by atoms with Gasteiger partial charge >= 0.3 is 5.97 Å². The number of hydrogen-bond acceptors (Lipinski definition) is 9. The van der Waals surface area contributed by atoms with E-state index in [0.717, 1.165) is 0 Å². The van der Waals surface area contributed by atoms with Gasteiger partial charge in [0.2, 0.25) is 10.0 Å². The maximum atomic E-state index is 13.0. The van der Waals surface area contributed by atoms with Gasteiger partial charge in [0.05, 0.1) is 30.8 Å². The predicted molar refractivity (Wildman–Crippen MR) is 133 cm³/mol. The SMILES string of the molecule is CCC(=O)Oc1cc(C=O)c(OCOCCOC)c(-c2cc(S(=O)(=O)NC(C)(C)C)ccc2OC)c1. The van der Waals surface area contributed by atoms with Crippen LogP contribution in [0.4, 0.5) is 0 Å². The highest BCUT2D eigenvalue weighted by Crippen LogP contribution is 2.42. The van der Waals surface area contributed by atoms with Crippen LogP contribution in [0.2, 0.25) is 0 Å². The van der Waals surface area contributed by atoms with Gasteiger partial charge in [-0.05, 0) is 51.1 Å². The first-order valence-corrected chi connectivity index (χ1v) is 12.7. The number of nitrogens with one attached hydrogen (secondary N) is 1. The quantitative estimate of drug-likeness (QED) is 0.138. The van der Waals surface area contributed by atoms with E-state index in [-0.39, 0.29) is 47.3 Å². The maximum Gasteiger partial charge on any atom is 0.310 e. The summed E-state index contributed by atoms with van der Waals surface area (Å²) >= 11 is 0. The van der Waals surface area contributed by atoms with Gasteiger partial charge in [-0.15, -0.1) is 0 Å². The van der Waals surface area contributed by atoms with Gasteiger partial charge in [0.1, 0.15) is 17.2 Å². The first-order valence-electron chi connectivity index (χ1n) is 11.2. The highest BCUT2D eigenvalue weighted by molar-refractivity contribution is 7.89. The molecule has 2 aromatic rings. The molecule has 0 saturated carbocycles. The lowest BCUT2D eigenvalue weighted by atomic mass is 10.00. The topological polar surface area (TPSA) is 126 Å². The summed E-state index contributed by atoms with van der Waals surface area (Å²) in [6.45, 7) is 7.21. The van der Waals surface area contributed by atoms with Crippen molar-refractivity contribution >= 4 is 22.3 Å². The number of carbonyl (C=O) groups is 2. The van der Waals surface area contributed by atoms with Crippen molar-refractivity contribution in [3.8, 4) is 28.4 Å². The van der Waals surface area contributed by atoms with E-state index in [2.05, 4.69) is 4.72 Å². The average Bonchev–Trinajstić information content (AvgIpc) is 2.82. The van der Waals surface area contributed by atoms with Crippen molar-refractivity contribution in [3.05, 3.63) is 35.9 Å². The number of carbonyl (C=O) groups excluding carboxylic acids is 2. The Morgan fingerprint density at radius 3 is 2.36 bits per heavy atom. The number of benzene rings is 2. The Balaban J connectivity index is 2.70. The lowest BCUT2D eigenvalue weighted by molar-refractivity contribution is -0.134. The zero-order valence-corrected chi connectivity index (χ0v) is 22.2. The zero-order chi connectivity index (χ0) is 26.9. The number of esters is 1. The van der Waals surface area contributed by atoms with Crippen molar-refractivity contribution in [2.75, 3.05) is 34.2 Å². The summed E-state index contributed by atoms with van der Waals surface area (Å²) in [7, 11) is -0.942. The Hall–Kier alpha value is -2.99. The molecule has 0 aliphatic carbocycles. The van der Waals surface area contributed by atoms with E-state index in [0.29, 0.717) is 24.2 Å². The normalized spacial score (nSPS) is 11.7. The van der Waals surface area contributed by atoms with Crippen LogP contribution in [0.1, 0.15) is 44.5 Å². The molecule has 0 amide bonds. The summed E-state index contributed by atoms with van der Waals surface area (Å²) in [4.78, 5) is 23.9. The molecule has 0 saturated heterocycles. The Morgan fingerprint density at radius 2 is 1.78 bits per heavy atom. The molecule has 0 aliphatic rings. The van der Waals surface area contributed by atoms with Crippen molar-refractivity contribution in [3.63, 3.8) is 0 Å². The molecule has 0 aliphatic heterocycles. The van der Waals surface area contributed by atoms with Gasteiger partial charge in [0.25, 0.3) is 0 Å². The molecule has 0 heterocycles. The number of methoxy groups -OCH3 is 2. The fraction of sp³-hybridized carbons (Fsp3) is 0.440. The molecular weight excluding hydrogens is 490 g/mol. The minimum Gasteiger partial charge on any atom is -0.496 e. The molecular formula is C25H33NO9S. The van der Waals surface area contributed by atoms with Crippen LogP contribution in [0, 0.1) is 0 Å². The van der Waals surface area contributed by atoms with Crippen molar-refractivity contribution in [1.29, 1.82) is 0 Å². The van der Waals surface area contributed by atoms with Crippen LogP contribution in [0.5, 0.6) is 17.2 Å². The summed E-state index contributed by atoms with van der Waals surface area (Å²) < 4.78 is 55.6. The lowest BCUT2D eigenvalue weighted by Crippen LogP contribution is -2.40. The van der Waals surface area contributed by atoms with Crippen LogP contribution < -0.4 is 18.9 Å². The Bertz CT molecular complexity index is 1170. The fourth-order valence-electron chi connectivity index (χ4n) is 3.16. The first-order chi connectivity index (χ1) is 17.0. The van der Waals surface area contributed by atoms with E-state index in [9.17, 15) is 18.0 Å². The van der Waals surface area contributed by atoms with Crippen LogP contribution in [0.25, 0.3) is 11.1 Å². The minimum absolute atomic E-state index is 0.0286. The zero-order valence-electron chi connectivity index (χ0n) is 21.4. The van der Waals surface area contributed by atoms with E-state index in [1.54, 1.807) is 27.7 Å². The summed E-state index contributed by atoms with van der Waals surface area (Å²) in [5.74, 6) is 0.00258. The van der Waals surface area contributed by atoms with Gasteiger partial charge in [-0.25, -0.2) is 13.1 Å². The minimum atomic E-state index is -3.90. The molecule has 0 fully saturated rings. The second-order valence-electron chi connectivity index (χ2n) is 8.72. The maximum absolute atomic E-state index is 13.0. The van der Waals surface area contributed by atoms with Crippen molar-refractivity contribution in [2.45, 2.75) is 44.6 Å². The van der Waals surface area contributed by atoms with E-state index >= 15 is 0 Å². The number of aldehydes is 1. The molecule has 0 radical (unpaired) electrons. The molecule has 2 aromatic carbocycles. The van der Waals surface area contributed by atoms with Crippen LogP contribution in [0.3, 0.4) is 0 Å². The molecule has 11 heteroatoms. The third kappa shape index (κ3) is 8.02. The molecule has 36 heavy (non-hydrogen) atoms. The number of rotatable bonds is 13. The molecule has 0 aromatic heterocycles. The van der Waals surface area contributed by atoms with E-state index < -0.39 is 21.5 Å². The van der Waals surface area contributed by atoms with Gasteiger partial charge in [-0.2, -0.15) is 0 Å². The highest BCUT2D eigenvalue weighted by Gasteiger charge is 2.25. The van der Waals surface area contributed by atoms with Crippen molar-refractivity contribution < 1.29 is 41.7 Å². The molecule has 10 nitrogen and oxygen atoms in total. The third-order valence-electron chi connectivity index (χ3n) is 4.67.